The highest BCUT2D eigenvalue weighted by molar-refractivity contribution is 5.47. The number of aromatic nitrogens is 1. The van der Waals surface area contributed by atoms with Crippen LogP contribution in [0, 0.1) is 0 Å². The van der Waals surface area contributed by atoms with E-state index >= 15 is 0 Å². The van der Waals surface area contributed by atoms with Gasteiger partial charge in [0.15, 0.2) is 0 Å². The molecule has 0 aliphatic carbocycles. The zero-order valence-electron chi connectivity index (χ0n) is 9.10. The molecule has 0 bridgehead atoms. The van der Waals surface area contributed by atoms with Crippen molar-refractivity contribution in [3.63, 3.8) is 0 Å². The second-order valence-electron chi connectivity index (χ2n) is 4.23. The van der Waals surface area contributed by atoms with Gasteiger partial charge >= 0.3 is 0 Å². The van der Waals surface area contributed by atoms with E-state index in [9.17, 15) is 5.11 Å². The first-order chi connectivity index (χ1) is 7.11. The van der Waals surface area contributed by atoms with E-state index in [1.54, 1.807) is 13.3 Å². The van der Waals surface area contributed by atoms with Crippen LogP contribution in [0.15, 0.2) is 18.3 Å². The number of methoxy groups -OCH3 is 1. The molecule has 1 aromatic heterocycles. The van der Waals surface area contributed by atoms with Crippen LogP contribution in [-0.4, -0.2) is 35.9 Å². The van der Waals surface area contributed by atoms with Crippen LogP contribution < -0.4 is 9.64 Å². The lowest BCUT2D eigenvalue weighted by Gasteiger charge is -2.20. The summed E-state index contributed by atoms with van der Waals surface area (Å²) in [5, 5.41) is 9.84. The lowest BCUT2D eigenvalue weighted by atomic mass is 10.1. The molecule has 1 N–H and O–H groups in total. The van der Waals surface area contributed by atoms with Gasteiger partial charge in [0.1, 0.15) is 0 Å². The second kappa shape index (κ2) is 3.70. The molecule has 1 aliphatic heterocycles. The van der Waals surface area contributed by atoms with Crippen molar-refractivity contribution in [3.05, 3.63) is 18.3 Å². The largest absolute Gasteiger partial charge is 0.481 e. The molecule has 4 heteroatoms. The molecule has 15 heavy (non-hydrogen) atoms. The molecule has 1 saturated heterocycles. The van der Waals surface area contributed by atoms with Crippen molar-refractivity contribution in [1.29, 1.82) is 0 Å². The molecule has 1 fully saturated rings. The van der Waals surface area contributed by atoms with Crippen molar-refractivity contribution in [3.8, 4) is 5.88 Å². The van der Waals surface area contributed by atoms with E-state index in [1.807, 2.05) is 19.1 Å². The predicted octanol–water partition coefficient (Wildman–Crippen LogP) is 1.05. The maximum atomic E-state index is 9.84. The zero-order chi connectivity index (χ0) is 10.9. The number of ether oxygens (including phenoxy) is 1. The summed E-state index contributed by atoms with van der Waals surface area (Å²) in [5.74, 6) is 0.615. The van der Waals surface area contributed by atoms with Crippen LogP contribution in [0.3, 0.4) is 0 Å². The van der Waals surface area contributed by atoms with Gasteiger partial charge in [0.05, 0.1) is 24.6 Å². The topological polar surface area (TPSA) is 45.6 Å². The van der Waals surface area contributed by atoms with E-state index in [1.165, 1.54) is 0 Å². The number of pyridine rings is 1. The summed E-state index contributed by atoms with van der Waals surface area (Å²) >= 11 is 0. The highest BCUT2D eigenvalue weighted by atomic mass is 16.5. The fourth-order valence-electron chi connectivity index (χ4n) is 1.85. The number of β-amino-alcohol motifs (C(OH)–C–C–N with tert-alkyl or cyclic N) is 1. The zero-order valence-corrected chi connectivity index (χ0v) is 9.10. The first-order valence-corrected chi connectivity index (χ1v) is 5.08. The average Bonchev–Trinajstić information content (AvgIpc) is 2.59. The smallest absolute Gasteiger partial charge is 0.213 e. The van der Waals surface area contributed by atoms with Gasteiger partial charge in [0.2, 0.25) is 5.88 Å². The highest BCUT2D eigenvalue weighted by Gasteiger charge is 2.31. The average molecular weight is 208 g/mol. The summed E-state index contributed by atoms with van der Waals surface area (Å²) in [4.78, 5) is 6.28. The number of nitrogens with zero attached hydrogens (tertiary/aromatic N) is 2. The van der Waals surface area contributed by atoms with Crippen LogP contribution in [0.2, 0.25) is 0 Å². The Morgan fingerprint density at radius 1 is 1.53 bits per heavy atom. The summed E-state index contributed by atoms with van der Waals surface area (Å²) in [6.45, 7) is 3.41. The normalized spacial score (nSPS) is 25.7. The van der Waals surface area contributed by atoms with Crippen LogP contribution in [0.1, 0.15) is 13.3 Å². The molecule has 1 aliphatic rings. The maximum absolute atomic E-state index is 9.84. The van der Waals surface area contributed by atoms with Gasteiger partial charge in [-0.25, -0.2) is 4.98 Å². The Morgan fingerprint density at radius 3 is 2.80 bits per heavy atom. The van der Waals surface area contributed by atoms with Crippen LogP contribution in [0.4, 0.5) is 5.69 Å². The van der Waals surface area contributed by atoms with E-state index in [-0.39, 0.29) is 0 Å². The molecule has 2 heterocycles. The molecule has 82 valence electrons. The predicted molar refractivity (Wildman–Crippen MR) is 58.2 cm³/mol. The minimum Gasteiger partial charge on any atom is -0.481 e. The van der Waals surface area contributed by atoms with E-state index in [2.05, 4.69) is 9.88 Å². The lowest BCUT2D eigenvalue weighted by Crippen LogP contribution is -2.29. The van der Waals surface area contributed by atoms with Crippen molar-refractivity contribution in [2.75, 3.05) is 25.1 Å². The maximum Gasteiger partial charge on any atom is 0.213 e. The summed E-state index contributed by atoms with van der Waals surface area (Å²) in [7, 11) is 1.60. The van der Waals surface area contributed by atoms with E-state index < -0.39 is 5.60 Å². The number of aliphatic hydroxyl groups is 1. The van der Waals surface area contributed by atoms with Crippen molar-refractivity contribution < 1.29 is 9.84 Å². The van der Waals surface area contributed by atoms with Gasteiger partial charge in [0.25, 0.3) is 0 Å². The van der Waals surface area contributed by atoms with Crippen molar-refractivity contribution in [2.24, 2.45) is 0 Å². The molecule has 0 radical (unpaired) electrons. The summed E-state index contributed by atoms with van der Waals surface area (Å²) in [6.07, 6.45) is 2.58. The summed E-state index contributed by atoms with van der Waals surface area (Å²) < 4.78 is 4.99. The second-order valence-corrected chi connectivity index (χ2v) is 4.23. The molecule has 0 saturated carbocycles. The Morgan fingerprint density at radius 2 is 2.33 bits per heavy atom. The molecule has 0 amide bonds. The Bertz CT molecular complexity index is 335. The van der Waals surface area contributed by atoms with Crippen molar-refractivity contribution in [2.45, 2.75) is 18.9 Å². The monoisotopic (exact) mass is 208 g/mol. The number of hydrogen-bond donors (Lipinski definition) is 1. The molecule has 1 unspecified atom stereocenters. The molecule has 4 nitrogen and oxygen atoms in total. The Labute approximate surface area is 89.5 Å². The highest BCUT2D eigenvalue weighted by Crippen LogP contribution is 2.26. The van der Waals surface area contributed by atoms with Gasteiger partial charge < -0.3 is 14.7 Å². The van der Waals surface area contributed by atoms with Gasteiger partial charge in [-0.3, -0.25) is 0 Å². The standard InChI is InChI=1S/C11H16N2O2/c1-11(14)5-6-13(8-11)9-3-4-10(15-2)12-7-9/h3-4,7,14H,5-6,8H2,1-2H3. The van der Waals surface area contributed by atoms with Crippen LogP contribution in [0.25, 0.3) is 0 Å². The van der Waals surface area contributed by atoms with Crippen LogP contribution in [-0.2, 0) is 0 Å². The molecule has 0 aromatic carbocycles. The van der Waals surface area contributed by atoms with Gasteiger partial charge in [-0.1, -0.05) is 0 Å². The van der Waals surface area contributed by atoms with Crippen molar-refractivity contribution >= 4 is 5.69 Å². The molecular formula is C11H16N2O2. The van der Waals surface area contributed by atoms with E-state index in [0.29, 0.717) is 12.4 Å². The number of hydrogen-bond acceptors (Lipinski definition) is 4. The Hall–Kier alpha value is -1.29. The minimum absolute atomic E-state index is 0.570. The molecule has 2 rings (SSSR count). The molecule has 1 aromatic rings. The number of rotatable bonds is 2. The Balaban J connectivity index is 2.11. The third kappa shape index (κ3) is 2.21. The fraction of sp³-hybridized carbons (Fsp3) is 0.545. The van der Waals surface area contributed by atoms with Gasteiger partial charge in [0, 0.05) is 19.2 Å². The third-order valence-electron chi connectivity index (χ3n) is 2.75. The number of anilines is 1. The quantitative estimate of drug-likeness (QED) is 0.789. The van der Waals surface area contributed by atoms with E-state index in [4.69, 9.17) is 4.74 Å². The summed E-state index contributed by atoms with van der Waals surface area (Å²) in [6, 6.07) is 3.80. The van der Waals surface area contributed by atoms with Gasteiger partial charge in [-0.15, -0.1) is 0 Å². The lowest BCUT2D eigenvalue weighted by molar-refractivity contribution is 0.0839. The first-order valence-electron chi connectivity index (χ1n) is 5.08. The minimum atomic E-state index is -0.570. The van der Waals surface area contributed by atoms with Gasteiger partial charge in [-0.05, 0) is 19.4 Å². The van der Waals surface area contributed by atoms with Crippen LogP contribution >= 0.6 is 0 Å². The molecule has 1 atom stereocenters. The first kappa shape index (κ1) is 10.2. The van der Waals surface area contributed by atoms with Crippen LogP contribution in [0.5, 0.6) is 5.88 Å². The van der Waals surface area contributed by atoms with E-state index in [0.717, 1.165) is 18.7 Å². The Kier molecular flexibility index (Phi) is 2.52. The van der Waals surface area contributed by atoms with Gasteiger partial charge in [-0.2, -0.15) is 0 Å². The SMILES string of the molecule is COc1ccc(N2CCC(C)(O)C2)cn1. The fourth-order valence-corrected chi connectivity index (χ4v) is 1.85. The van der Waals surface area contributed by atoms with Crippen molar-refractivity contribution in [1.82, 2.24) is 4.98 Å². The molecule has 0 spiro atoms. The third-order valence-corrected chi connectivity index (χ3v) is 2.75. The molecular weight excluding hydrogens is 192 g/mol. The summed E-state index contributed by atoms with van der Waals surface area (Å²) in [5.41, 5.74) is 0.466.